The molecule has 0 aliphatic heterocycles. The normalized spacial score (nSPS) is 19.3. The number of rotatable bonds is 1. The predicted octanol–water partition coefficient (Wildman–Crippen LogP) is 1.53. The molecular weight excluding hydrogens is 246 g/mol. The van der Waals surface area contributed by atoms with E-state index in [9.17, 15) is 22.0 Å². The minimum Gasteiger partial charge on any atom is -0.287 e. The molecule has 0 unspecified atom stereocenters. The maximum Gasteiger partial charge on any atom is 0.313 e. The molecule has 0 saturated carbocycles. The maximum absolute atomic E-state index is 13.0. The molecule has 0 aromatic carbocycles. The van der Waals surface area contributed by atoms with Crippen molar-refractivity contribution in [1.29, 1.82) is 0 Å². The van der Waals surface area contributed by atoms with Gasteiger partial charge in [0, 0.05) is 12.7 Å². The highest BCUT2D eigenvalue weighted by Crippen LogP contribution is 2.40. The van der Waals surface area contributed by atoms with Crippen LogP contribution in [-0.4, -0.2) is 26.4 Å². The average molecular weight is 252 g/mol. The van der Waals surface area contributed by atoms with Gasteiger partial charge in [0.05, 0.1) is 5.56 Å². The van der Waals surface area contributed by atoms with Gasteiger partial charge in [0.1, 0.15) is 4.21 Å². The highest BCUT2D eigenvalue weighted by Gasteiger charge is 2.49. The number of thiophene rings is 1. The summed E-state index contributed by atoms with van der Waals surface area (Å²) in [6, 6.07) is 0. The van der Waals surface area contributed by atoms with Gasteiger partial charge in [-0.05, 0) is 10.9 Å². The van der Waals surface area contributed by atoms with E-state index in [0.717, 1.165) is 17.6 Å². The van der Waals surface area contributed by atoms with E-state index in [1.165, 1.54) is 5.38 Å². The number of hydrogen-bond donors (Lipinski definition) is 0. The molecule has 3 nitrogen and oxygen atoms in total. The zero-order chi connectivity index (χ0) is 11.4. The minimum atomic E-state index is -3.60. The number of halogens is 2. The second kappa shape index (κ2) is 2.85. The SMILES string of the molecule is CS(=O)(=O)c1scc2c1C(=O)C(F)(F)C2. The summed E-state index contributed by atoms with van der Waals surface area (Å²) in [4.78, 5) is 11.2. The third-order valence-corrected chi connectivity index (χ3v) is 5.04. The number of sulfone groups is 1. The van der Waals surface area contributed by atoms with Crippen molar-refractivity contribution in [2.24, 2.45) is 0 Å². The number of alkyl halides is 2. The van der Waals surface area contributed by atoms with E-state index in [1.807, 2.05) is 0 Å². The smallest absolute Gasteiger partial charge is 0.287 e. The molecular formula is C8H6F2O3S2. The average Bonchev–Trinajstić information content (AvgIpc) is 2.51. The van der Waals surface area contributed by atoms with Crippen LogP contribution in [0, 0.1) is 0 Å². The second-order valence-corrected chi connectivity index (χ2v) is 6.50. The fraction of sp³-hybridized carbons (Fsp3) is 0.375. The number of ketones is 1. The molecule has 0 radical (unpaired) electrons. The first kappa shape index (κ1) is 10.7. The lowest BCUT2D eigenvalue weighted by Gasteiger charge is -2.05. The summed E-state index contributed by atoms with van der Waals surface area (Å²) < 4.78 is 48.2. The predicted molar refractivity (Wildman–Crippen MR) is 50.4 cm³/mol. The monoisotopic (exact) mass is 252 g/mol. The van der Waals surface area contributed by atoms with Crippen LogP contribution in [0.5, 0.6) is 0 Å². The van der Waals surface area contributed by atoms with Crippen molar-refractivity contribution in [3.05, 3.63) is 16.5 Å². The van der Waals surface area contributed by atoms with Crippen LogP contribution in [0.25, 0.3) is 0 Å². The molecule has 1 aliphatic rings. The Morgan fingerprint density at radius 3 is 2.60 bits per heavy atom. The molecule has 0 N–H and O–H groups in total. The summed E-state index contributed by atoms with van der Waals surface area (Å²) in [7, 11) is -3.60. The molecule has 0 saturated heterocycles. The van der Waals surface area contributed by atoms with Gasteiger partial charge in [-0.1, -0.05) is 0 Å². The lowest BCUT2D eigenvalue weighted by molar-refractivity contribution is 0.0166. The van der Waals surface area contributed by atoms with Gasteiger partial charge < -0.3 is 0 Å². The summed E-state index contributed by atoms with van der Waals surface area (Å²) in [5.74, 6) is -4.82. The Bertz CT molecular complexity index is 542. The molecule has 82 valence electrons. The van der Waals surface area contributed by atoms with Crippen molar-refractivity contribution in [2.75, 3.05) is 6.26 Å². The second-order valence-electron chi connectivity index (χ2n) is 3.41. The maximum atomic E-state index is 13.0. The zero-order valence-electron chi connectivity index (χ0n) is 7.58. The molecule has 1 aliphatic carbocycles. The van der Waals surface area contributed by atoms with E-state index < -0.39 is 28.0 Å². The number of carbonyl (C=O) groups is 1. The van der Waals surface area contributed by atoms with Crippen molar-refractivity contribution >= 4 is 27.0 Å². The number of Topliss-reactive ketones (excluding diaryl/α,β-unsaturated/α-hetero) is 1. The van der Waals surface area contributed by atoms with Crippen LogP contribution in [-0.2, 0) is 16.3 Å². The molecule has 1 aromatic heterocycles. The lowest BCUT2D eigenvalue weighted by Crippen LogP contribution is -2.24. The summed E-state index contributed by atoms with van der Waals surface area (Å²) >= 11 is 0.821. The van der Waals surface area contributed by atoms with Crippen LogP contribution in [0.1, 0.15) is 15.9 Å². The zero-order valence-corrected chi connectivity index (χ0v) is 9.21. The largest absolute Gasteiger partial charge is 0.313 e. The van der Waals surface area contributed by atoms with E-state index in [-0.39, 0.29) is 15.3 Å². The van der Waals surface area contributed by atoms with Gasteiger partial charge in [0.2, 0.25) is 5.78 Å². The highest BCUT2D eigenvalue weighted by atomic mass is 32.2. The number of hydrogen-bond acceptors (Lipinski definition) is 4. The Morgan fingerprint density at radius 1 is 1.47 bits per heavy atom. The van der Waals surface area contributed by atoms with Crippen molar-refractivity contribution in [3.8, 4) is 0 Å². The van der Waals surface area contributed by atoms with E-state index in [0.29, 0.717) is 0 Å². The molecule has 7 heteroatoms. The Kier molecular flexibility index (Phi) is 2.03. The number of fused-ring (bicyclic) bond motifs is 1. The van der Waals surface area contributed by atoms with Gasteiger partial charge >= 0.3 is 5.92 Å². The molecule has 2 rings (SSSR count). The van der Waals surface area contributed by atoms with Crippen molar-refractivity contribution < 1.29 is 22.0 Å². The first-order valence-electron chi connectivity index (χ1n) is 3.96. The Hall–Kier alpha value is -0.820. The summed E-state index contributed by atoms with van der Waals surface area (Å²) in [5.41, 5.74) is -0.178. The Balaban J connectivity index is 2.67. The van der Waals surface area contributed by atoms with Gasteiger partial charge in [-0.2, -0.15) is 8.78 Å². The van der Waals surface area contributed by atoms with E-state index in [4.69, 9.17) is 0 Å². The molecule has 0 atom stereocenters. The first-order chi connectivity index (χ1) is 6.73. The quantitative estimate of drug-likeness (QED) is 0.761. The van der Waals surface area contributed by atoms with Crippen molar-refractivity contribution in [2.45, 2.75) is 16.6 Å². The fourth-order valence-corrected chi connectivity index (χ4v) is 3.75. The van der Waals surface area contributed by atoms with Crippen LogP contribution in [0.3, 0.4) is 0 Å². The van der Waals surface area contributed by atoms with Gasteiger partial charge in [0.25, 0.3) is 0 Å². The molecule has 0 amide bonds. The molecule has 0 bridgehead atoms. The van der Waals surface area contributed by atoms with E-state index in [2.05, 4.69) is 0 Å². The third-order valence-electron chi connectivity index (χ3n) is 2.14. The van der Waals surface area contributed by atoms with Gasteiger partial charge in [-0.3, -0.25) is 4.79 Å². The number of carbonyl (C=O) groups excluding carboxylic acids is 1. The van der Waals surface area contributed by atoms with Gasteiger partial charge in [0.15, 0.2) is 9.84 Å². The fourth-order valence-electron chi connectivity index (χ4n) is 1.52. The molecule has 0 fully saturated rings. The van der Waals surface area contributed by atoms with Gasteiger partial charge in [-0.25, -0.2) is 8.42 Å². The molecule has 15 heavy (non-hydrogen) atoms. The van der Waals surface area contributed by atoms with Crippen LogP contribution in [0.2, 0.25) is 0 Å². The first-order valence-corrected chi connectivity index (χ1v) is 6.73. The summed E-state index contributed by atoms with van der Waals surface area (Å²) in [5, 5.41) is 1.31. The summed E-state index contributed by atoms with van der Waals surface area (Å²) in [6.07, 6.45) is 0.218. The molecule has 1 heterocycles. The third kappa shape index (κ3) is 1.50. The lowest BCUT2D eigenvalue weighted by atomic mass is 10.2. The minimum absolute atomic E-state index is 0.135. The van der Waals surface area contributed by atoms with Crippen LogP contribution >= 0.6 is 11.3 Å². The van der Waals surface area contributed by atoms with Crippen LogP contribution in [0.4, 0.5) is 8.78 Å². The van der Waals surface area contributed by atoms with Crippen molar-refractivity contribution in [1.82, 2.24) is 0 Å². The summed E-state index contributed by atoms with van der Waals surface area (Å²) in [6.45, 7) is 0. The topological polar surface area (TPSA) is 51.2 Å². The molecule has 0 spiro atoms. The highest BCUT2D eigenvalue weighted by molar-refractivity contribution is 7.92. The van der Waals surface area contributed by atoms with Gasteiger partial charge in [-0.15, -0.1) is 11.3 Å². The van der Waals surface area contributed by atoms with Crippen LogP contribution in [0.15, 0.2) is 9.59 Å². The van der Waals surface area contributed by atoms with E-state index in [1.54, 1.807) is 0 Å². The standard InChI is InChI=1S/C8H6F2O3S2/c1-15(12,13)7-5-4(3-14-7)2-8(9,10)6(5)11/h3H,2H2,1H3. The Morgan fingerprint density at radius 2 is 2.07 bits per heavy atom. The van der Waals surface area contributed by atoms with Crippen LogP contribution < -0.4 is 0 Å². The molecule has 1 aromatic rings. The Labute approximate surface area is 88.6 Å². The van der Waals surface area contributed by atoms with Crippen molar-refractivity contribution in [3.63, 3.8) is 0 Å². The van der Waals surface area contributed by atoms with E-state index >= 15 is 0 Å².